The summed E-state index contributed by atoms with van der Waals surface area (Å²) in [5.41, 5.74) is 1.86. The van der Waals surface area contributed by atoms with Crippen LogP contribution in [0.5, 0.6) is 0 Å². The number of anilines is 1. The van der Waals surface area contributed by atoms with Gasteiger partial charge in [0.05, 0.1) is 0 Å². The predicted molar refractivity (Wildman–Crippen MR) is 81.2 cm³/mol. The maximum atomic E-state index is 12.7. The second-order valence-corrected chi connectivity index (χ2v) is 5.53. The number of alkyl halides is 3. The van der Waals surface area contributed by atoms with Crippen LogP contribution in [-0.2, 0) is 11.0 Å². The number of nitrogens with one attached hydrogen (secondary N) is 1. The normalized spacial score (nSPS) is 13.0. The lowest BCUT2D eigenvalue weighted by molar-refractivity contribution is -0.141. The van der Waals surface area contributed by atoms with E-state index in [1.807, 2.05) is 26.0 Å². The first-order valence-electron chi connectivity index (χ1n) is 7.11. The molecule has 1 aromatic heterocycles. The summed E-state index contributed by atoms with van der Waals surface area (Å²) in [6, 6.07) is 5.56. The fraction of sp³-hybridized carbons (Fsp3) is 0.375. The second-order valence-electron chi connectivity index (χ2n) is 5.53. The average molecular weight is 325 g/mol. The summed E-state index contributed by atoms with van der Waals surface area (Å²) < 4.78 is 39.2. The van der Waals surface area contributed by atoms with Gasteiger partial charge in [-0.05, 0) is 51.0 Å². The van der Waals surface area contributed by atoms with Crippen LogP contribution < -0.4 is 5.32 Å². The van der Waals surface area contributed by atoms with Gasteiger partial charge >= 0.3 is 6.18 Å². The Morgan fingerprint density at radius 3 is 2.48 bits per heavy atom. The Bertz CT molecular complexity index is 735. The van der Waals surface area contributed by atoms with E-state index in [1.165, 1.54) is 13.8 Å². The molecule has 0 bridgehead atoms. The zero-order valence-electron chi connectivity index (χ0n) is 13.3. The third kappa shape index (κ3) is 3.55. The number of amides is 1. The van der Waals surface area contributed by atoms with Gasteiger partial charge in [0.1, 0.15) is 6.04 Å². The lowest BCUT2D eigenvalue weighted by Crippen LogP contribution is -2.26. The number of nitrogens with zero attached hydrogens (tertiary/aromatic N) is 2. The van der Waals surface area contributed by atoms with Crippen LogP contribution in [0.3, 0.4) is 0 Å². The molecule has 1 amide bonds. The van der Waals surface area contributed by atoms with Crippen LogP contribution >= 0.6 is 0 Å². The molecule has 1 unspecified atom stereocenters. The Kier molecular flexibility index (Phi) is 4.49. The first kappa shape index (κ1) is 17.1. The molecule has 23 heavy (non-hydrogen) atoms. The number of hydrogen-bond acceptors (Lipinski definition) is 2. The molecule has 4 nitrogen and oxygen atoms in total. The molecule has 1 atom stereocenters. The van der Waals surface area contributed by atoms with Gasteiger partial charge < -0.3 is 5.32 Å². The van der Waals surface area contributed by atoms with E-state index in [4.69, 9.17) is 0 Å². The number of carbonyl (C=O) groups is 1. The number of hydrogen-bond donors (Lipinski definition) is 1. The van der Waals surface area contributed by atoms with E-state index in [0.29, 0.717) is 5.69 Å². The maximum Gasteiger partial charge on any atom is 0.435 e. The minimum absolute atomic E-state index is 0.279. The summed E-state index contributed by atoms with van der Waals surface area (Å²) in [6.45, 7) is 6.79. The molecule has 1 aromatic carbocycles. The van der Waals surface area contributed by atoms with Crippen LogP contribution in [0.1, 0.15) is 35.5 Å². The van der Waals surface area contributed by atoms with Crippen LogP contribution in [-0.4, -0.2) is 15.7 Å². The summed E-state index contributed by atoms with van der Waals surface area (Å²) in [5.74, 6) is -0.418. The molecule has 7 heteroatoms. The lowest BCUT2D eigenvalue weighted by Gasteiger charge is -2.16. The number of halogens is 3. The topological polar surface area (TPSA) is 46.9 Å². The highest BCUT2D eigenvalue weighted by Crippen LogP contribution is 2.29. The highest BCUT2D eigenvalue weighted by molar-refractivity contribution is 5.94. The van der Waals surface area contributed by atoms with E-state index in [0.717, 1.165) is 21.9 Å². The van der Waals surface area contributed by atoms with Gasteiger partial charge in [0.15, 0.2) is 5.69 Å². The SMILES string of the molecule is Cc1cccc(NC(=O)C(C)n2nc(C(F)(F)F)cc2C)c1C. The summed E-state index contributed by atoms with van der Waals surface area (Å²) >= 11 is 0. The molecule has 124 valence electrons. The minimum Gasteiger partial charge on any atom is -0.324 e. The van der Waals surface area contributed by atoms with Crippen molar-refractivity contribution in [3.8, 4) is 0 Å². The molecule has 0 fully saturated rings. The molecule has 1 N–H and O–H groups in total. The molecule has 0 saturated heterocycles. The zero-order valence-corrected chi connectivity index (χ0v) is 13.3. The van der Waals surface area contributed by atoms with Crippen molar-refractivity contribution in [2.75, 3.05) is 5.32 Å². The van der Waals surface area contributed by atoms with Gasteiger partial charge in [0.2, 0.25) is 5.91 Å². The van der Waals surface area contributed by atoms with E-state index < -0.39 is 23.8 Å². The van der Waals surface area contributed by atoms with Gasteiger partial charge in [0.25, 0.3) is 0 Å². The summed E-state index contributed by atoms with van der Waals surface area (Å²) in [6.07, 6.45) is -4.53. The number of aryl methyl sites for hydroxylation is 2. The second kappa shape index (κ2) is 6.06. The average Bonchev–Trinajstić information content (AvgIpc) is 2.85. The van der Waals surface area contributed by atoms with Crippen LogP contribution in [0.2, 0.25) is 0 Å². The first-order chi connectivity index (χ1) is 10.6. The maximum absolute atomic E-state index is 12.7. The van der Waals surface area contributed by atoms with Crippen molar-refractivity contribution in [1.82, 2.24) is 9.78 Å². The number of carbonyl (C=O) groups excluding carboxylic acids is 1. The third-order valence-corrected chi connectivity index (χ3v) is 3.82. The van der Waals surface area contributed by atoms with E-state index in [9.17, 15) is 18.0 Å². The smallest absolute Gasteiger partial charge is 0.324 e. The van der Waals surface area contributed by atoms with Crippen LogP contribution in [0.4, 0.5) is 18.9 Å². The molecule has 0 spiro atoms. The highest BCUT2D eigenvalue weighted by Gasteiger charge is 2.35. The van der Waals surface area contributed by atoms with Gasteiger partial charge in [-0.15, -0.1) is 0 Å². The Labute approximate surface area is 132 Å². The van der Waals surface area contributed by atoms with Crippen molar-refractivity contribution >= 4 is 11.6 Å². The van der Waals surface area contributed by atoms with Crippen LogP contribution in [0.25, 0.3) is 0 Å². The fourth-order valence-corrected chi connectivity index (χ4v) is 2.25. The van der Waals surface area contributed by atoms with Gasteiger partial charge in [0, 0.05) is 11.4 Å². The Balaban J connectivity index is 2.23. The highest BCUT2D eigenvalue weighted by atomic mass is 19.4. The fourth-order valence-electron chi connectivity index (χ4n) is 2.25. The molecular weight excluding hydrogens is 307 g/mol. The molecule has 0 aliphatic rings. The quantitative estimate of drug-likeness (QED) is 0.926. The van der Waals surface area contributed by atoms with Crippen molar-refractivity contribution < 1.29 is 18.0 Å². The summed E-state index contributed by atoms with van der Waals surface area (Å²) in [7, 11) is 0. The first-order valence-corrected chi connectivity index (χ1v) is 7.11. The van der Waals surface area contributed by atoms with Gasteiger partial charge in [-0.3, -0.25) is 9.48 Å². The van der Waals surface area contributed by atoms with Crippen molar-refractivity contribution in [2.45, 2.75) is 39.9 Å². The van der Waals surface area contributed by atoms with Crippen molar-refractivity contribution in [3.05, 3.63) is 46.8 Å². The van der Waals surface area contributed by atoms with Gasteiger partial charge in [-0.25, -0.2) is 0 Å². The van der Waals surface area contributed by atoms with Gasteiger partial charge in [-0.1, -0.05) is 12.1 Å². The molecule has 0 aliphatic carbocycles. The van der Waals surface area contributed by atoms with Crippen LogP contribution in [0, 0.1) is 20.8 Å². The minimum atomic E-state index is -4.53. The van der Waals surface area contributed by atoms with E-state index >= 15 is 0 Å². The molecule has 1 heterocycles. The molecule has 2 rings (SSSR count). The van der Waals surface area contributed by atoms with Crippen molar-refractivity contribution in [1.29, 1.82) is 0 Å². The third-order valence-electron chi connectivity index (χ3n) is 3.82. The monoisotopic (exact) mass is 325 g/mol. The van der Waals surface area contributed by atoms with Crippen molar-refractivity contribution in [3.63, 3.8) is 0 Å². The molecule has 0 aliphatic heterocycles. The standard InChI is InChI=1S/C16H18F3N3O/c1-9-6-5-7-13(11(9)3)20-15(23)12(4)22-10(2)8-14(21-22)16(17,18)19/h5-8,12H,1-4H3,(H,20,23). The number of benzene rings is 1. The molecule has 0 radical (unpaired) electrons. The summed E-state index contributed by atoms with van der Waals surface area (Å²) in [5, 5.41) is 6.26. The molecular formula is C16H18F3N3O. The summed E-state index contributed by atoms with van der Waals surface area (Å²) in [4.78, 5) is 12.3. The Hall–Kier alpha value is -2.31. The number of aromatic nitrogens is 2. The zero-order chi connectivity index (χ0) is 17.4. The van der Waals surface area contributed by atoms with Gasteiger partial charge in [-0.2, -0.15) is 18.3 Å². The lowest BCUT2D eigenvalue weighted by atomic mass is 10.1. The Morgan fingerprint density at radius 1 is 1.26 bits per heavy atom. The molecule has 2 aromatic rings. The van der Waals surface area contributed by atoms with E-state index in [1.54, 1.807) is 6.07 Å². The van der Waals surface area contributed by atoms with E-state index in [2.05, 4.69) is 10.4 Å². The largest absolute Gasteiger partial charge is 0.435 e. The predicted octanol–water partition coefficient (Wildman–Crippen LogP) is 4.03. The molecule has 0 saturated carbocycles. The Morgan fingerprint density at radius 2 is 1.91 bits per heavy atom. The van der Waals surface area contributed by atoms with Crippen molar-refractivity contribution in [2.24, 2.45) is 0 Å². The number of rotatable bonds is 3. The van der Waals surface area contributed by atoms with E-state index in [-0.39, 0.29) is 5.69 Å². The van der Waals surface area contributed by atoms with Crippen LogP contribution in [0.15, 0.2) is 24.3 Å².